The summed E-state index contributed by atoms with van der Waals surface area (Å²) in [6.45, 7) is 3.66. The van der Waals surface area contributed by atoms with Gasteiger partial charge in [-0.2, -0.15) is 4.98 Å². The summed E-state index contributed by atoms with van der Waals surface area (Å²) in [7, 11) is -3.89. The van der Waals surface area contributed by atoms with Gasteiger partial charge >= 0.3 is 5.97 Å². The predicted molar refractivity (Wildman–Crippen MR) is 129 cm³/mol. The van der Waals surface area contributed by atoms with Crippen molar-refractivity contribution in [1.29, 1.82) is 0 Å². The number of aryl methyl sites for hydroxylation is 3. The van der Waals surface area contributed by atoms with Gasteiger partial charge in [-0.1, -0.05) is 23.4 Å². The second-order valence-electron chi connectivity index (χ2n) is 7.95. The first-order valence-corrected chi connectivity index (χ1v) is 12.4. The zero-order valence-electron chi connectivity index (χ0n) is 19.3. The van der Waals surface area contributed by atoms with E-state index in [4.69, 9.17) is 9.26 Å². The van der Waals surface area contributed by atoms with Gasteiger partial charge in [0.05, 0.1) is 17.1 Å². The summed E-state index contributed by atoms with van der Waals surface area (Å²) in [6, 6.07) is 15.1. The Kier molecular flexibility index (Phi) is 7.21. The molecule has 0 aliphatic rings. The smallest absolute Gasteiger partial charge is 0.338 e. The van der Waals surface area contributed by atoms with E-state index in [2.05, 4.69) is 19.8 Å². The molecule has 0 unspecified atom stereocenters. The van der Waals surface area contributed by atoms with Gasteiger partial charge in [-0.05, 0) is 67.8 Å². The summed E-state index contributed by atoms with van der Waals surface area (Å²) in [5, 5.41) is 3.93. The zero-order valence-corrected chi connectivity index (χ0v) is 20.1. The normalized spacial score (nSPS) is 11.3. The lowest BCUT2D eigenvalue weighted by atomic mass is 10.1. The number of pyridine rings is 1. The Bertz CT molecular complexity index is 1440. The Morgan fingerprint density at radius 2 is 1.94 bits per heavy atom. The molecule has 4 rings (SSSR count). The van der Waals surface area contributed by atoms with Crippen LogP contribution < -0.4 is 4.72 Å². The molecule has 0 aliphatic heterocycles. The van der Waals surface area contributed by atoms with Crippen molar-refractivity contribution in [3.63, 3.8) is 0 Å². The lowest BCUT2D eigenvalue weighted by molar-refractivity contribution is 0.0498. The fourth-order valence-electron chi connectivity index (χ4n) is 3.38. The number of benzene rings is 2. The predicted octanol–water partition coefficient (Wildman–Crippen LogP) is 4.34. The first-order chi connectivity index (χ1) is 16.8. The quantitative estimate of drug-likeness (QED) is 0.270. The van der Waals surface area contributed by atoms with Gasteiger partial charge in [0.15, 0.2) is 0 Å². The minimum absolute atomic E-state index is 0.0160. The Balaban J connectivity index is 1.35. The summed E-state index contributed by atoms with van der Waals surface area (Å²) < 4.78 is 39.0. The molecule has 2 aromatic carbocycles. The van der Waals surface area contributed by atoms with E-state index < -0.39 is 16.0 Å². The molecule has 0 amide bonds. The maximum atomic E-state index is 12.9. The second-order valence-corrected chi connectivity index (χ2v) is 9.60. The first-order valence-electron chi connectivity index (χ1n) is 10.9. The number of esters is 1. The number of sulfonamides is 1. The molecule has 0 bridgehead atoms. The summed E-state index contributed by atoms with van der Waals surface area (Å²) >= 11 is 0. The number of anilines is 1. The van der Waals surface area contributed by atoms with Crippen molar-refractivity contribution in [2.24, 2.45) is 0 Å². The topological polar surface area (TPSA) is 124 Å². The van der Waals surface area contributed by atoms with E-state index in [1.807, 2.05) is 19.1 Å². The Morgan fingerprint density at radius 3 is 2.71 bits per heavy atom. The summed E-state index contributed by atoms with van der Waals surface area (Å²) in [5.74, 6) is 0.252. The Morgan fingerprint density at radius 1 is 1.09 bits per heavy atom. The molecule has 0 aliphatic carbocycles. The van der Waals surface area contributed by atoms with Gasteiger partial charge < -0.3 is 9.26 Å². The number of carbonyl (C=O) groups is 1. The first kappa shape index (κ1) is 24.1. The molecule has 9 nitrogen and oxygen atoms in total. The number of nitrogens with zero attached hydrogens (tertiary/aromatic N) is 3. The highest BCUT2D eigenvalue weighted by atomic mass is 32.2. The molecule has 0 saturated heterocycles. The molecule has 2 heterocycles. The van der Waals surface area contributed by atoms with Crippen LogP contribution in [0, 0.1) is 13.8 Å². The maximum absolute atomic E-state index is 12.9. The molecule has 180 valence electrons. The molecule has 0 fully saturated rings. The van der Waals surface area contributed by atoms with E-state index >= 15 is 0 Å². The second kappa shape index (κ2) is 10.5. The maximum Gasteiger partial charge on any atom is 0.338 e. The molecule has 0 radical (unpaired) electrons. The third-order valence-corrected chi connectivity index (χ3v) is 6.66. The van der Waals surface area contributed by atoms with Crippen LogP contribution in [0.3, 0.4) is 0 Å². The summed E-state index contributed by atoms with van der Waals surface area (Å²) in [5.41, 5.74) is 2.79. The van der Waals surface area contributed by atoms with Gasteiger partial charge in [-0.3, -0.25) is 9.71 Å². The van der Waals surface area contributed by atoms with Crippen LogP contribution in [0.1, 0.15) is 33.8 Å². The summed E-state index contributed by atoms with van der Waals surface area (Å²) in [6.07, 6.45) is 4.19. The average Bonchev–Trinajstić information content (AvgIpc) is 3.31. The van der Waals surface area contributed by atoms with Crippen molar-refractivity contribution in [3.8, 4) is 11.4 Å². The van der Waals surface area contributed by atoms with Crippen molar-refractivity contribution in [3.05, 3.63) is 89.6 Å². The van der Waals surface area contributed by atoms with Gasteiger partial charge in [0.2, 0.25) is 11.7 Å². The van der Waals surface area contributed by atoms with Gasteiger partial charge in [0.1, 0.15) is 0 Å². The van der Waals surface area contributed by atoms with Crippen molar-refractivity contribution >= 4 is 21.7 Å². The number of rotatable bonds is 9. The minimum Gasteiger partial charge on any atom is -0.462 e. The highest BCUT2D eigenvalue weighted by Gasteiger charge is 2.20. The molecular formula is C25H24N4O5S. The monoisotopic (exact) mass is 492 g/mol. The summed E-state index contributed by atoms with van der Waals surface area (Å²) in [4.78, 5) is 20.9. The molecule has 35 heavy (non-hydrogen) atoms. The van der Waals surface area contributed by atoms with E-state index in [1.165, 1.54) is 6.07 Å². The number of nitrogens with one attached hydrogen (secondary N) is 1. The number of hydrogen-bond acceptors (Lipinski definition) is 8. The Labute approximate surface area is 203 Å². The number of aromatic nitrogens is 3. The van der Waals surface area contributed by atoms with Crippen LogP contribution in [-0.2, 0) is 21.2 Å². The number of ether oxygens (including phenoxy) is 1. The van der Waals surface area contributed by atoms with Crippen LogP contribution >= 0.6 is 0 Å². The standard InChI is InChI=1S/C25H24N4O5S/c1-17-6-3-8-21(14-17)29-35(31,32)22-15-19(11-10-18(22)2)25(30)33-13-5-9-23-27-24(28-34-23)20-7-4-12-26-16-20/h3-4,6-8,10-12,14-16,29H,5,9,13H2,1-2H3. The van der Waals surface area contributed by atoms with Gasteiger partial charge in [0, 0.05) is 30.1 Å². The Hall–Kier alpha value is -4.05. The van der Waals surface area contributed by atoms with E-state index in [0.29, 0.717) is 35.8 Å². The van der Waals surface area contributed by atoms with Gasteiger partial charge in [0.25, 0.3) is 10.0 Å². The molecule has 10 heteroatoms. The van der Waals surface area contributed by atoms with Crippen LogP contribution in [-0.4, -0.2) is 36.1 Å². The lowest BCUT2D eigenvalue weighted by Crippen LogP contribution is -2.16. The van der Waals surface area contributed by atoms with E-state index in [9.17, 15) is 13.2 Å². The van der Waals surface area contributed by atoms with Gasteiger partial charge in [-0.15, -0.1) is 0 Å². The SMILES string of the molecule is Cc1cccc(NS(=O)(=O)c2cc(C(=O)OCCCc3nc(-c4cccnc4)no3)ccc2C)c1. The van der Waals surface area contributed by atoms with Crippen molar-refractivity contribution in [2.75, 3.05) is 11.3 Å². The lowest BCUT2D eigenvalue weighted by Gasteiger charge is -2.12. The fourth-order valence-corrected chi connectivity index (χ4v) is 4.70. The van der Waals surface area contributed by atoms with Crippen LogP contribution in [0.25, 0.3) is 11.4 Å². The molecule has 0 atom stereocenters. The highest BCUT2D eigenvalue weighted by Crippen LogP contribution is 2.22. The largest absolute Gasteiger partial charge is 0.462 e. The van der Waals surface area contributed by atoms with E-state index in [0.717, 1.165) is 11.1 Å². The van der Waals surface area contributed by atoms with Crippen molar-refractivity contribution in [1.82, 2.24) is 15.1 Å². The molecular weight excluding hydrogens is 468 g/mol. The number of hydrogen-bond donors (Lipinski definition) is 1. The average molecular weight is 493 g/mol. The molecule has 0 spiro atoms. The number of carbonyl (C=O) groups excluding carboxylic acids is 1. The molecule has 2 aromatic heterocycles. The third-order valence-electron chi connectivity index (χ3n) is 5.14. The fraction of sp³-hybridized carbons (Fsp3) is 0.200. The van der Waals surface area contributed by atoms with E-state index in [1.54, 1.807) is 55.7 Å². The minimum atomic E-state index is -3.89. The van der Waals surface area contributed by atoms with Crippen molar-refractivity contribution in [2.45, 2.75) is 31.6 Å². The third kappa shape index (κ3) is 6.10. The molecule has 4 aromatic rings. The highest BCUT2D eigenvalue weighted by molar-refractivity contribution is 7.92. The molecule has 1 N–H and O–H groups in total. The van der Waals surface area contributed by atoms with Crippen LogP contribution in [0.4, 0.5) is 5.69 Å². The van der Waals surface area contributed by atoms with Gasteiger partial charge in [-0.25, -0.2) is 13.2 Å². The van der Waals surface area contributed by atoms with Crippen LogP contribution in [0.15, 0.2) is 76.4 Å². The van der Waals surface area contributed by atoms with Crippen LogP contribution in [0.5, 0.6) is 0 Å². The zero-order chi connectivity index (χ0) is 24.8. The van der Waals surface area contributed by atoms with Crippen LogP contribution in [0.2, 0.25) is 0 Å². The molecule has 0 saturated carbocycles. The van der Waals surface area contributed by atoms with Crippen molar-refractivity contribution < 1.29 is 22.5 Å². The van der Waals surface area contributed by atoms with E-state index in [-0.39, 0.29) is 17.1 Å².